The number of hydrogen-bond acceptors (Lipinski definition) is 4. The van der Waals surface area contributed by atoms with Gasteiger partial charge in [0.25, 0.3) is 0 Å². The van der Waals surface area contributed by atoms with Gasteiger partial charge < -0.3 is 4.74 Å². The molecule has 7 heteroatoms. The largest absolute Gasteiger partial charge is 0.469 e. The van der Waals surface area contributed by atoms with Crippen molar-refractivity contribution < 1.29 is 22.3 Å². The smallest absolute Gasteiger partial charge is 0.305 e. The SMILES string of the molecule is COC(=O)CCCS(=O)(=O)Nc1ccccc1F. The number of benzene rings is 1. The molecule has 1 aromatic rings. The van der Waals surface area contributed by atoms with Crippen molar-refractivity contribution in [2.45, 2.75) is 12.8 Å². The number of esters is 1. The third kappa shape index (κ3) is 4.70. The van der Waals surface area contributed by atoms with Crippen LogP contribution < -0.4 is 4.72 Å². The summed E-state index contributed by atoms with van der Waals surface area (Å²) in [5.41, 5.74) is -0.101. The van der Waals surface area contributed by atoms with Crippen molar-refractivity contribution >= 4 is 21.7 Å². The molecule has 0 aromatic heterocycles. The number of rotatable bonds is 6. The number of halogens is 1. The highest BCUT2D eigenvalue weighted by atomic mass is 32.2. The Bertz CT molecular complexity index is 516. The second-order valence-electron chi connectivity index (χ2n) is 3.58. The van der Waals surface area contributed by atoms with E-state index in [0.717, 1.165) is 6.07 Å². The molecule has 0 aliphatic rings. The van der Waals surface area contributed by atoms with E-state index in [0.29, 0.717) is 0 Å². The Morgan fingerprint density at radius 3 is 2.67 bits per heavy atom. The van der Waals surface area contributed by atoms with E-state index in [4.69, 9.17) is 0 Å². The van der Waals surface area contributed by atoms with Crippen LogP contribution in [-0.4, -0.2) is 27.2 Å². The molecule has 0 bridgehead atoms. The third-order valence-electron chi connectivity index (χ3n) is 2.16. The molecule has 0 fully saturated rings. The molecular weight excluding hydrogens is 261 g/mol. The molecule has 0 amide bonds. The van der Waals surface area contributed by atoms with Crippen LogP contribution in [0.25, 0.3) is 0 Å². The minimum atomic E-state index is -3.66. The molecule has 0 saturated carbocycles. The number of carbonyl (C=O) groups is 1. The van der Waals surface area contributed by atoms with E-state index >= 15 is 0 Å². The van der Waals surface area contributed by atoms with Crippen LogP contribution in [0.5, 0.6) is 0 Å². The molecule has 0 heterocycles. The van der Waals surface area contributed by atoms with Crippen LogP contribution >= 0.6 is 0 Å². The van der Waals surface area contributed by atoms with Crippen LogP contribution in [-0.2, 0) is 19.6 Å². The van der Waals surface area contributed by atoms with Gasteiger partial charge in [-0.25, -0.2) is 12.8 Å². The Hall–Kier alpha value is -1.63. The highest BCUT2D eigenvalue weighted by molar-refractivity contribution is 7.92. The van der Waals surface area contributed by atoms with Crippen LogP contribution in [0.3, 0.4) is 0 Å². The average Bonchev–Trinajstić information content (AvgIpc) is 2.31. The van der Waals surface area contributed by atoms with Crippen molar-refractivity contribution in [1.29, 1.82) is 0 Å². The number of sulfonamides is 1. The Kier molecular flexibility index (Phi) is 5.08. The molecule has 1 aromatic carbocycles. The minimum absolute atomic E-state index is 0.00861. The minimum Gasteiger partial charge on any atom is -0.469 e. The van der Waals surface area contributed by atoms with Gasteiger partial charge in [0.2, 0.25) is 10.0 Å². The Balaban J connectivity index is 2.55. The van der Waals surface area contributed by atoms with E-state index in [1.807, 2.05) is 0 Å². The molecule has 0 saturated heterocycles. The molecule has 0 radical (unpaired) electrons. The molecule has 0 aliphatic heterocycles. The van der Waals surface area contributed by atoms with Gasteiger partial charge in [0.15, 0.2) is 0 Å². The summed E-state index contributed by atoms with van der Waals surface area (Å²) in [6.45, 7) is 0. The monoisotopic (exact) mass is 275 g/mol. The van der Waals surface area contributed by atoms with Gasteiger partial charge in [0, 0.05) is 6.42 Å². The Morgan fingerprint density at radius 1 is 1.39 bits per heavy atom. The zero-order valence-electron chi connectivity index (χ0n) is 9.85. The predicted molar refractivity (Wildman–Crippen MR) is 65.1 cm³/mol. The van der Waals surface area contributed by atoms with Crippen molar-refractivity contribution in [1.82, 2.24) is 0 Å². The first kappa shape index (κ1) is 14.4. The second-order valence-corrected chi connectivity index (χ2v) is 5.42. The van der Waals surface area contributed by atoms with Crippen LogP contribution in [0.15, 0.2) is 24.3 Å². The van der Waals surface area contributed by atoms with Gasteiger partial charge in [-0.3, -0.25) is 9.52 Å². The maximum Gasteiger partial charge on any atom is 0.305 e. The first-order valence-corrected chi connectivity index (χ1v) is 6.91. The Labute approximate surface area is 105 Å². The van der Waals surface area contributed by atoms with Crippen molar-refractivity contribution in [3.8, 4) is 0 Å². The Morgan fingerprint density at radius 2 is 2.06 bits per heavy atom. The fourth-order valence-electron chi connectivity index (χ4n) is 1.27. The van der Waals surface area contributed by atoms with Crippen LogP contribution in [0, 0.1) is 5.82 Å². The summed E-state index contributed by atoms with van der Waals surface area (Å²) in [5, 5.41) is 0. The van der Waals surface area contributed by atoms with Crippen molar-refractivity contribution in [3.63, 3.8) is 0 Å². The highest BCUT2D eigenvalue weighted by Crippen LogP contribution is 2.14. The third-order valence-corrected chi connectivity index (χ3v) is 3.52. The number of ether oxygens (including phenoxy) is 1. The number of hydrogen-bond donors (Lipinski definition) is 1. The van der Waals surface area contributed by atoms with E-state index < -0.39 is 21.8 Å². The quantitative estimate of drug-likeness (QED) is 0.799. The van der Waals surface area contributed by atoms with Crippen molar-refractivity contribution in [2.75, 3.05) is 17.6 Å². The second kappa shape index (κ2) is 6.34. The molecule has 1 rings (SSSR count). The molecule has 0 spiro atoms. The van der Waals surface area contributed by atoms with Gasteiger partial charge in [-0.05, 0) is 18.6 Å². The number of nitrogens with one attached hydrogen (secondary N) is 1. The lowest BCUT2D eigenvalue weighted by molar-refractivity contribution is -0.140. The summed E-state index contributed by atoms with van der Waals surface area (Å²) >= 11 is 0. The summed E-state index contributed by atoms with van der Waals surface area (Å²) in [6.07, 6.45) is 0.130. The molecule has 100 valence electrons. The molecular formula is C11H14FNO4S. The van der Waals surface area contributed by atoms with Crippen molar-refractivity contribution in [3.05, 3.63) is 30.1 Å². The first-order chi connectivity index (χ1) is 8.44. The van der Waals surface area contributed by atoms with E-state index in [1.165, 1.54) is 25.3 Å². The summed E-state index contributed by atoms with van der Waals surface area (Å²) < 4.78 is 42.9. The molecule has 0 aliphatic carbocycles. The molecule has 18 heavy (non-hydrogen) atoms. The van der Waals surface area contributed by atoms with E-state index in [9.17, 15) is 17.6 Å². The average molecular weight is 275 g/mol. The van der Waals surface area contributed by atoms with E-state index in [1.54, 1.807) is 0 Å². The number of anilines is 1. The van der Waals surface area contributed by atoms with Crippen LogP contribution in [0.1, 0.15) is 12.8 Å². The summed E-state index contributed by atoms with van der Waals surface area (Å²) in [4.78, 5) is 10.8. The highest BCUT2D eigenvalue weighted by Gasteiger charge is 2.13. The topological polar surface area (TPSA) is 72.5 Å². The number of carbonyl (C=O) groups excluding carboxylic acids is 1. The maximum atomic E-state index is 13.2. The zero-order valence-corrected chi connectivity index (χ0v) is 10.7. The predicted octanol–water partition coefficient (Wildman–Crippen LogP) is 1.52. The number of para-hydroxylation sites is 1. The summed E-state index contributed by atoms with van der Waals surface area (Å²) in [7, 11) is -2.43. The molecule has 5 nitrogen and oxygen atoms in total. The normalized spacial score (nSPS) is 11.0. The van der Waals surface area contributed by atoms with Gasteiger partial charge in [0.1, 0.15) is 5.82 Å². The summed E-state index contributed by atoms with van der Waals surface area (Å²) in [5.74, 6) is -1.39. The fraction of sp³-hybridized carbons (Fsp3) is 0.364. The zero-order chi connectivity index (χ0) is 13.6. The maximum absolute atomic E-state index is 13.2. The fourth-order valence-corrected chi connectivity index (χ4v) is 2.40. The number of methoxy groups -OCH3 is 1. The standard InChI is InChI=1S/C11H14FNO4S/c1-17-11(14)7-4-8-18(15,16)13-10-6-3-2-5-9(10)12/h2-3,5-6,13H,4,7-8H2,1H3. The van der Waals surface area contributed by atoms with E-state index in [2.05, 4.69) is 9.46 Å². The molecule has 1 N–H and O–H groups in total. The van der Waals surface area contributed by atoms with Crippen molar-refractivity contribution in [2.24, 2.45) is 0 Å². The summed E-state index contributed by atoms with van der Waals surface area (Å²) in [6, 6.07) is 5.47. The van der Waals surface area contributed by atoms with E-state index in [-0.39, 0.29) is 24.3 Å². The van der Waals surface area contributed by atoms with Gasteiger partial charge in [-0.1, -0.05) is 12.1 Å². The van der Waals surface area contributed by atoms with Crippen LogP contribution in [0.2, 0.25) is 0 Å². The van der Waals surface area contributed by atoms with Gasteiger partial charge in [-0.15, -0.1) is 0 Å². The van der Waals surface area contributed by atoms with Gasteiger partial charge in [-0.2, -0.15) is 0 Å². The lowest BCUT2D eigenvalue weighted by Gasteiger charge is -2.08. The first-order valence-electron chi connectivity index (χ1n) is 5.26. The van der Waals surface area contributed by atoms with Crippen LogP contribution in [0.4, 0.5) is 10.1 Å². The molecule has 0 unspecified atom stereocenters. The lowest BCUT2D eigenvalue weighted by Crippen LogP contribution is -2.18. The van der Waals surface area contributed by atoms with Gasteiger partial charge in [0.05, 0.1) is 18.6 Å². The molecule has 0 atom stereocenters. The lowest BCUT2D eigenvalue weighted by atomic mass is 10.3. The van der Waals surface area contributed by atoms with Gasteiger partial charge >= 0.3 is 5.97 Å².